The minimum atomic E-state index is 0.0809. The number of rotatable bonds is 7. The van der Waals surface area contributed by atoms with Gasteiger partial charge in [0.1, 0.15) is 11.5 Å². The Morgan fingerprint density at radius 1 is 1.35 bits per heavy atom. The normalized spacial score (nSPS) is 15.2. The third-order valence-corrected chi connectivity index (χ3v) is 3.15. The van der Waals surface area contributed by atoms with Gasteiger partial charge in [-0.15, -0.1) is 0 Å². The average molecular weight is 238 g/mol. The van der Waals surface area contributed by atoms with Crippen LogP contribution in [0.3, 0.4) is 0 Å². The molecule has 0 aliphatic carbocycles. The molecule has 2 N–H and O–H groups in total. The third-order valence-electron chi connectivity index (χ3n) is 3.15. The second-order valence-corrected chi connectivity index (χ2v) is 4.73. The second kappa shape index (κ2) is 6.82. The summed E-state index contributed by atoms with van der Waals surface area (Å²) in [6.07, 6.45) is 2.41. The van der Waals surface area contributed by atoms with Crippen LogP contribution in [0, 0.1) is 6.92 Å². The predicted molar refractivity (Wildman–Crippen MR) is 72.0 cm³/mol. The average Bonchev–Trinajstić information content (AvgIpc) is 2.69. The number of unbranched alkanes of at least 4 members (excludes halogenated alkanes) is 1. The van der Waals surface area contributed by atoms with Crippen LogP contribution in [0.15, 0.2) is 16.5 Å². The predicted octanol–water partition coefficient (Wildman–Crippen LogP) is 3.10. The van der Waals surface area contributed by atoms with E-state index < -0.39 is 0 Å². The van der Waals surface area contributed by atoms with Gasteiger partial charge in [-0.25, -0.2) is 0 Å². The lowest BCUT2D eigenvalue weighted by Gasteiger charge is -2.31. The van der Waals surface area contributed by atoms with Gasteiger partial charge in [-0.1, -0.05) is 20.3 Å². The van der Waals surface area contributed by atoms with E-state index in [1.807, 2.05) is 13.0 Å². The maximum atomic E-state index is 6.12. The first-order valence-electron chi connectivity index (χ1n) is 6.66. The Balaban J connectivity index is 2.83. The lowest BCUT2D eigenvalue weighted by atomic mass is 10.1. The minimum Gasteiger partial charge on any atom is -0.465 e. The van der Waals surface area contributed by atoms with Gasteiger partial charge in [-0.05, 0) is 45.5 Å². The van der Waals surface area contributed by atoms with Crippen molar-refractivity contribution in [3.8, 4) is 0 Å². The van der Waals surface area contributed by atoms with Gasteiger partial charge in [0, 0.05) is 6.04 Å². The van der Waals surface area contributed by atoms with E-state index in [-0.39, 0.29) is 12.1 Å². The molecule has 0 amide bonds. The van der Waals surface area contributed by atoms with Crippen LogP contribution in [0.25, 0.3) is 0 Å². The lowest BCUT2D eigenvalue weighted by Crippen LogP contribution is -2.39. The van der Waals surface area contributed by atoms with Crippen molar-refractivity contribution < 1.29 is 4.42 Å². The summed E-state index contributed by atoms with van der Waals surface area (Å²) in [5.74, 6) is 1.95. The van der Waals surface area contributed by atoms with Gasteiger partial charge in [-0.3, -0.25) is 4.90 Å². The van der Waals surface area contributed by atoms with Crippen molar-refractivity contribution >= 4 is 0 Å². The summed E-state index contributed by atoms with van der Waals surface area (Å²) >= 11 is 0. The second-order valence-electron chi connectivity index (χ2n) is 4.73. The van der Waals surface area contributed by atoms with E-state index in [0.29, 0.717) is 0 Å². The molecule has 0 aromatic carbocycles. The molecule has 3 heteroatoms. The highest BCUT2D eigenvalue weighted by Gasteiger charge is 2.25. The van der Waals surface area contributed by atoms with Crippen LogP contribution < -0.4 is 5.73 Å². The molecule has 1 aromatic rings. The molecule has 0 aliphatic heterocycles. The van der Waals surface area contributed by atoms with Crippen molar-refractivity contribution in [3.05, 3.63) is 23.7 Å². The highest BCUT2D eigenvalue weighted by molar-refractivity contribution is 5.11. The number of hydrogen-bond acceptors (Lipinski definition) is 3. The highest BCUT2D eigenvalue weighted by Crippen LogP contribution is 2.25. The molecule has 2 atom stereocenters. The molecule has 17 heavy (non-hydrogen) atoms. The summed E-state index contributed by atoms with van der Waals surface area (Å²) in [4.78, 5) is 2.41. The Morgan fingerprint density at radius 3 is 2.47 bits per heavy atom. The summed E-state index contributed by atoms with van der Waals surface area (Å²) in [6, 6.07) is 4.34. The first kappa shape index (κ1) is 14.3. The van der Waals surface area contributed by atoms with Crippen LogP contribution in [-0.4, -0.2) is 24.0 Å². The molecule has 1 aromatic heterocycles. The largest absolute Gasteiger partial charge is 0.465 e. The molecule has 1 rings (SSSR count). The monoisotopic (exact) mass is 238 g/mol. The Kier molecular flexibility index (Phi) is 5.72. The van der Waals surface area contributed by atoms with E-state index in [0.717, 1.165) is 24.6 Å². The van der Waals surface area contributed by atoms with Crippen molar-refractivity contribution in [2.45, 2.75) is 52.6 Å². The zero-order chi connectivity index (χ0) is 12.8. The molecular formula is C14H26N2O. The van der Waals surface area contributed by atoms with E-state index in [1.54, 1.807) is 0 Å². The summed E-state index contributed by atoms with van der Waals surface area (Å²) < 4.78 is 5.75. The van der Waals surface area contributed by atoms with Gasteiger partial charge in [0.05, 0.1) is 6.04 Å². The molecule has 0 radical (unpaired) electrons. The van der Waals surface area contributed by atoms with Crippen molar-refractivity contribution in [1.82, 2.24) is 4.90 Å². The van der Waals surface area contributed by atoms with E-state index in [2.05, 4.69) is 31.7 Å². The van der Waals surface area contributed by atoms with Crippen LogP contribution in [0.1, 0.15) is 51.2 Å². The molecular weight excluding hydrogens is 212 g/mol. The van der Waals surface area contributed by atoms with Crippen LogP contribution in [0.5, 0.6) is 0 Å². The minimum absolute atomic E-state index is 0.0809. The Morgan fingerprint density at radius 2 is 2.06 bits per heavy atom. The fourth-order valence-electron chi connectivity index (χ4n) is 2.24. The fourth-order valence-corrected chi connectivity index (χ4v) is 2.24. The number of furan rings is 1. The van der Waals surface area contributed by atoms with Crippen molar-refractivity contribution in [1.29, 1.82) is 0 Å². The zero-order valence-electron chi connectivity index (χ0n) is 11.6. The first-order chi connectivity index (χ1) is 8.10. The molecule has 98 valence electrons. The van der Waals surface area contributed by atoms with Crippen LogP contribution in [0.2, 0.25) is 0 Å². The van der Waals surface area contributed by atoms with Gasteiger partial charge in [0.15, 0.2) is 0 Å². The van der Waals surface area contributed by atoms with Crippen molar-refractivity contribution in [3.63, 3.8) is 0 Å². The molecule has 0 aliphatic rings. The fraction of sp³-hybridized carbons (Fsp3) is 0.714. The van der Waals surface area contributed by atoms with Crippen LogP contribution in [-0.2, 0) is 0 Å². The third kappa shape index (κ3) is 3.86. The molecule has 3 nitrogen and oxygen atoms in total. The maximum Gasteiger partial charge on any atom is 0.122 e. The van der Waals surface area contributed by atoms with Gasteiger partial charge in [-0.2, -0.15) is 0 Å². The summed E-state index contributed by atoms with van der Waals surface area (Å²) in [5, 5.41) is 0. The molecule has 1 heterocycles. The first-order valence-corrected chi connectivity index (χ1v) is 6.66. The molecule has 0 saturated heterocycles. The Bertz CT molecular complexity index is 320. The van der Waals surface area contributed by atoms with E-state index in [1.165, 1.54) is 12.8 Å². The van der Waals surface area contributed by atoms with Crippen molar-refractivity contribution in [2.24, 2.45) is 5.73 Å². The standard InChI is InChI=1S/C14H26N2O/c1-5-7-10-16(6-2)14(12(4)15)13-9-8-11(3)17-13/h8-9,12,14H,5-7,10,15H2,1-4H3. The van der Waals surface area contributed by atoms with Crippen LogP contribution >= 0.6 is 0 Å². The number of nitrogens with zero attached hydrogens (tertiary/aromatic N) is 1. The van der Waals surface area contributed by atoms with Gasteiger partial charge >= 0.3 is 0 Å². The molecule has 0 spiro atoms. The highest BCUT2D eigenvalue weighted by atomic mass is 16.3. The number of likely N-dealkylation sites (N-methyl/N-ethyl adjacent to an activating group) is 1. The maximum absolute atomic E-state index is 6.12. The van der Waals surface area contributed by atoms with E-state index in [4.69, 9.17) is 10.2 Å². The summed E-state index contributed by atoms with van der Waals surface area (Å²) in [5.41, 5.74) is 6.12. The zero-order valence-corrected chi connectivity index (χ0v) is 11.6. The molecule has 0 fully saturated rings. The molecule has 0 bridgehead atoms. The van der Waals surface area contributed by atoms with E-state index >= 15 is 0 Å². The number of nitrogens with two attached hydrogens (primary N) is 1. The van der Waals surface area contributed by atoms with Gasteiger partial charge < -0.3 is 10.2 Å². The lowest BCUT2D eigenvalue weighted by molar-refractivity contribution is 0.159. The smallest absolute Gasteiger partial charge is 0.122 e. The molecule has 2 unspecified atom stereocenters. The van der Waals surface area contributed by atoms with Gasteiger partial charge in [0.2, 0.25) is 0 Å². The van der Waals surface area contributed by atoms with E-state index in [9.17, 15) is 0 Å². The number of aryl methyl sites for hydroxylation is 1. The number of hydrogen-bond donors (Lipinski definition) is 1. The van der Waals surface area contributed by atoms with Crippen molar-refractivity contribution in [2.75, 3.05) is 13.1 Å². The molecule has 0 saturated carbocycles. The Hall–Kier alpha value is -0.800. The van der Waals surface area contributed by atoms with Gasteiger partial charge in [0.25, 0.3) is 0 Å². The van der Waals surface area contributed by atoms with Crippen LogP contribution in [0.4, 0.5) is 0 Å². The SMILES string of the molecule is CCCCN(CC)C(c1ccc(C)o1)C(C)N. The topological polar surface area (TPSA) is 42.4 Å². The summed E-state index contributed by atoms with van der Waals surface area (Å²) in [6.45, 7) is 10.5. The summed E-state index contributed by atoms with van der Waals surface area (Å²) in [7, 11) is 0. The Labute approximate surface area is 105 Å². The quantitative estimate of drug-likeness (QED) is 0.793.